The Morgan fingerprint density at radius 2 is 1.93 bits per heavy atom. The van der Waals surface area contributed by atoms with Crippen molar-refractivity contribution >= 4 is 23.4 Å². The van der Waals surface area contributed by atoms with Crippen LogP contribution in [0.25, 0.3) is 0 Å². The summed E-state index contributed by atoms with van der Waals surface area (Å²) in [6.45, 7) is 2.78. The first-order valence-electron chi connectivity index (χ1n) is 8.90. The summed E-state index contributed by atoms with van der Waals surface area (Å²) in [5.74, 6) is -0.298. The van der Waals surface area contributed by atoms with Crippen molar-refractivity contribution in [1.82, 2.24) is 4.90 Å². The average Bonchev–Trinajstić information content (AvgIpc) is 2.79. The maximum atomic E-state index is 13.2. The summed E-state index contributed by atoms with van der Waals surface area (Å²) >= 11 is 1.50. The van der Waals surface area contributed by atoms with Gasteiger partial charge in [-0.2, -0.15) is 23.7 Å². The molecule has 5 nitrogen and oxygen atoms in total. The van der Waals surface area contributed by atoms with Crippen LogP contribution in [0.15, 0.2) is 23.1 Å². The Hall–Kier alpha value is -2.39. The molecule has 28 heavy (non-hydrogen) atoms. The van der Waals surface area contributed by atoms with Gasteiger partial charge in [0.05, 0.1) is 42.8 Å². The summed E-state index contributed by atoms with van der Waals surface area (Å²) < 4.78 is 39.5. The van der Waals surface area contributed by atoms with Gasteiger partial charge < -0.3 is 9.80 Å². The fourth-order valence-corrected chi connectivity index (χ4v) is 4.05. The highest BCUT2D eigenvalue weighted by Gasteiger charge is 2.33. The smallest absolute Gasteiger partial charge is 0.361 e. The molecule has 1 aromatic rings. The lowest BCUT2D eigenvalue weighted by atomic mass is 10.1. The van der Waals surface area contributed by atoms with E-state index in [2.05, 4.69) is 0 Å². The first-order valence-corrected chi connectivity index (χ1v) is 9.78. The molecule has 0 fully saturated rings. The predicted octanol–water partition coefficient (Wildman–Crippen LogP) is 4.05. The van der Waals surface area contributed by atoms with E-state index in [9.17, 15) is 18.0 Å². The molecule has 1 aromatic carbocycles. The topological polar surface area (TPSA) is 71.1 Å². The van der Waals surface area contributed by atoms with Crippen LogP contribution in [0.2, 0.25) is 0 Å². The summed E-state index contributed by atoms with van der Waals surface area (Å²) in [5.41, 5.74) is -0.345. The molecule has 9 heteroatoms. The van der Waals surface area contributed by atoms with Crippen LogP contribution in [-0.4, -0.2) is 42.2 Å². The Morgan fingerprint density at radius 3 is 2.50 bits per heavy atom. The Labute approximate surface area is 166 Å². The number of hydrogen-bond donors (Lipinski definition) is 0. The van der Waals surface area contributed by atoms with E-state index >= 15 is 0 Å². The molecule has 1 heterocycles. The Bertz CT molecular complexity index is 767. The van der Waals surface area contributed by atoms with E-state index in [0.29, 0.717) is 17.1 Å². The van der Waals surface area contributed by atoms with Gasteiger partial charge >= 0.3 is 6.18 Å². The number of rotatable bonds is 6. The standard InChI is InChI=1S/C19H21F3N4OS/c1-14-6-11-26(13-18(27)25(9-2-7-23)10-3-8-24)16-12-15(19(20,21)22)4-5-17(16)28-14/h4-5,12,14H,2-3,6,9-11,13H2,1H3/t14-/m0/s1. The molecule has 1 amide bonds. The van der Waals surface area contributed by atoms with Crippen molar-refractivity contribution in [1.29, 1.82) is 10.5 Å². The van der Waals surface area contributed by atoms with E-state index < -0.39 is 11.7 Å². The van der Waals surface area contributed by atoms with Crippen LogP contribution in [0, 0.1) is 22.7 Å². The molecule has 150 valence electrons. The van der Waals surface area contributed by atoms with E-state index in [-0.39, 0.29) is 43.6 Å². The van der Waals surface area contributed by atoms with Gasteiger partial charge in [0.15, 0.2) is 0 Å². The Balaban J connectivity index is 2.28. The fraction of sp³-hybridized carbons (Fsp3) is 0.526. The molecule has 0 saturated heterocycles. The van der Waals surface area contributed by atoms with E-state index in [0.717, 1.165) is 18.6 Å². The van der Waals surface area contributed by atoms with Crippen molar-refractivity contribution in [3.63, 3.8) is 0 Å². The van der Waals surface area contributed by atoms with Gasteiger partial charge in [0.2, 0.25) is 5.91 Å². The van der Waals surface area contributed by atoms with Crippen molar-refractivity contribution in [2.75, 3.05) is 31.1 Å². The van der Waals surface area contributed by atoms with Gasteiger partial charge in [0, 0.05) is 29.8 Å². The zero-order valence-corrected chi connectivity index (χ0v) is 16.3. The predicted molar refractivity (Wildman–Crippen MR) is 101 cm³/mol. The minimum Gasteiger partial charge on any atom is -0.361 e. The maximum Gasteiger partial charge on any atom is 0.416 e. The van der Waals surface area contributed by atoms with Crippen molar-refractivity contribution in [3.05, 3.63) is 23.8 Å². The molecule has 1 aliphatic heterocycles. The number of carbonyl (C=O) groups excluding carboxylic acids is 1. The first kappa shape index (κ1) is 21.9. The van der Waals surface area contributed by atoms with Crippen molar-refractivity contribution in [2.24, 2.45) is 0 Å². The van der Waals surface area contributed by atoms with Crippen molar-refractivity contribution in [3.8, 4) is 12.1 Å². The summed E-state index contributed by atoms with van der Waals surface area (Å²) in [4.78, 5) is 16.6. The molecular weight excluding hydrogens is 389 g/mol. The van der Waals surface area contributed by atoms with Crippen molar-refractivity contribution in [2.45, 2.75) is 42.5 Å². The average molecular weight is 410 g/mol. The highest BCUT2D eigenvalue weighted by Crippen LogP contribution is 2.41. The molecule has 0 radical (unpaired) electrons. The summed E-state index contributed by atoms with van der Waals surface area (Å²) in [6, 6.07) is 7.57. The number of carbonyl (C=O) groups is 1. The van der Waals surface area contributed by atoms with Gasteiger partial charge in [-0.15, -0.1) is 11.8 Å². The van der Waals surface area contributed by atoms with E-state index in [1.807, 2.05) is 19.1 Å². The van der Waals surface area contributed by atoms with Crippen LogP contribution in [0.5, 0.6) is 0 Å². The number of halogens is 3. The Kier molecular flexibility index (Phi) is 7.59. The van der Waals surface area contributed by atoms with Gasteiger partial charge in [-0.05, 0) is 24.6 Å². The molecule has 0 spiro atoms. The van der Waals surface area contributed by atoms with Crippen LogP contribution in [0.1, 0.15) is 31.7 Å². The number of benzene rings is 1. The number of fused-ring (bicyclic) bond motifs is 1. The van der Waals surface area contributed by atoms with Crippen LogP contribution in [0.3, 0.4) is 0 Å². The number of anilines is 1. The molecule has 1 aliphatic rings. The molecule has 0 unspecified atom stereocenters. The zero-order valence-electron chi connectivity index (χ0n) is 15.5. The van der Waals surface area contributed by atoms with Crippen LogP contribution in [0.4, 0.5) is 18.9 Å². The van der Waals surface area contributed by atoms with E-state index in [1.165, 1.54) is 22.7 Å². The number of nitrogens with zero attached hydrogens (tertiary/aromatic N) is 4. The fourth-order valence-electron chi connectivity index (χ4n) is 2.93. The molecule has 0 bridgehead atoms. The maximum absolute atomic E-state index is 13.2. The SMILES string of the molecule is C[C@H]1CCN(CC(=O)N(CCC#N)CCC#N)c2cc(C(F)(F)F)ccc2S1. The molecule has 1 atom stereocenters. The minimum atomic E-state index is -4.46. The Morgan fingerprint density at radius 1 is 1.29 bits per heavy atom. The van der Waals surface area contributed by atoms with Gasteiger partial charge in [0.1, 0.15) is 0 Å². The second-order valence-corrected chi connectivity index (χ2v) is 8.00. The zero-order chi connectivity index (χ0) is 20.7. The first-order chi connectivity index (χ1) is 13.3. The number of hydrogen-bond acceptors (Lipinski definition) is 5. The van der Waals surface area contributed by atoms with E-state index in [4.69, 9.17) is 10.5 Å². The number of thioether (sulfide) groups is 1. The number of alkyl halides is 3. The van der Waals surface area contributed by atoms with Crippen LogP contribution < -0.4 is 4.90 Å². The number of nitriles is 2. The highest BCUT2D eigenvalue weighted by atomic mass is 32.2. The van der Waals surface area contributed by atoms with Gasteiger partial charge in [-0.3, -0.25) is 4.79 Å². The lowest BCUT2D eigenvalue weighted by Gasteiger charge is -2.28. The van der Waals surface area contributed by atoms with Crippen molar-refractivity contribution < 1.29 is 18.0 Å². The third-order valence-corrected chi connectivity index (χ3v) is 5.66. The second kappa shape index (κ2) is 9.70. The van der Waals surface area contributed by atoms with Gasteiger partial charge in [-0.25, -0.2) is 0 Å². The van der Waals surface area contributed by atoms with Crippen LogP contribution >= 0.6 is 11.8 Å². The highest BCUT2D eigenvalue weighted by molar-refractivity contribution is 8.00. The third kappa shape index (κ3) is 5.80. The van der Waals surface area contributed by atoms with Crippen LogP contribution in [-0.2, 0) is 11.0 Å². The lowest BCUT2D eigenvalue weighted by Crippen LogP contribution is -2.42. The molecule has 2 rings (SSSR count). The van der Waals surface area contributed by atoms with Gasteiger partial charge in [0.25, 0.3) is 0 Å². The normalized spacial score (nSPS) is 16.5. The van der Waals surface area contributed by atoms with E-state index in [1.54, 1.807) is 4.90 Å². The van der Waals surface area contributed by atoms with Gasteiger partial charge in [-0.1, -0.05) is 6.92 Å². The summed E-state index contributed by atoms with van der Waals surface area (Å²) in [6.07, 6.45) is -3.46. The third-order valence-electron chi connectivity index (χ3n) is 4.43. The summed E-state index contributed by atoms with van der Waals surface area (Å²) in [5, 5.41) is 17.8. The molecular formula is C19H21F3N4OS. The second-order valence-electron chi connectivity index (χ2n) is 6.52. The summed E-state index contributed by atoms with van der Waals surface area (Å²) in [7, 11) is 0. The molecule has 0 aliphatic carbocycles. The number of amides is 1. The minimum absolute atomic E-state index is 0.0849. The molecule has 0 aromatic heterocycles. The molecule has 0 N–H and O–H groups in total. The monoisotopic (exact) mass is 410 g/mol. The lowest BCUT2D eigenvalue weighted by molar-refractivity contribution is -0.137. The largest absolute Gasteiger partial charge is 0.416 e. The quantitative estimate of drug-likeness (QED) is 0.708. The molecule has 0 saturated carbocycles.